The highest BCUT2D eigenvalue weighted by molar-refractivity contribution is 7.92. The van der Waals surface area contributed by atoms with Crippen molar-refractivity contribution in [2.45, 2.75) is 38.6 Å². The molecule has 2 aromatic heterocycles. The Morgan fingerprint density at radius 3 is 2.29 bits per heavy atom. The van der Waals surface area contributed by atoms with E-state index >= 15 is 0 Å². The molecule has 9 heteroatoms. The molecule has 21 heavy (non-hydrogen) atoms. The first-order valence-electron chi connectivity index (χ1n) is 6.28. The van der Waals surface area contributed by atoms with Gasteiger partial charge in [-0.25, -0.2) is 18.4 Å². The van der Waals surface area contributed by atoms with Gasteiger partial charge in [-0.2, -0.15) is 5.10 Å². The maximum atomic E-state index is 12.3. The highest BCUT2D eigenvalue weighted by atomic mass is 35.5. The lowest BCUT2D eigenvalue weighted by molar-refractivity contribution is 0.516. The molecule has 0 saturated heterocycles. The van der Waals surface area contributed by atoms with Crippen LogP contribution >= 0.6 is 11.6 Å². The largest absolute Gasteiger partial charge is 0.276 e. The molecule has 0 atom stereocenters. The van der Waals surface area contributed by atoms with Crippen molar-refractivity contribution in [2.24, 2.45) is 0 Å². The minimum atomic E-state index is -3.77. The van der Waals surface area contributed by atoms with Gasteiger partial charge in [0.1, 0.15) is 4.90 Å². The number of hydrogen-bond donors (Lipinski definition) is 1. The summed E-state index contributed by atoms with van der Waals surface area (Å²) < 4.78 is 29.0. The molecule has 114 valence electrons. The van der Waals surface area contributed by atoms with Crippen LogP contribution in [-0.2, 0) is 10.0 Å². The lowest BCUT2D eigenvalue weighted by Gasteiger charge is -2.10. The summed E-state index contributed by atoms with van der Waals surface area (Å²) in [6, 6.07) is 0.140. The third kappa shape index (κ3) is 3.16. The van der Waals surface area contributed by atoms with Crippen LogP contribution in [0, 0.1) is 13.8 Å². The lowest BCUT2D eigenvalue weighted by Crippen LogP contribution is -2.15. The van der Waals surface area contributed by atoms with Crippen LogP contribution in [0.15, 0.2) is 17.3 Å². The van der Waals surface area contributed by atoms with Crippen molar-refractivity contribution >= 4 is 27.3 Å². The summed E-state index contributed by atoms with van der Waals surface area (Å²) >= 11 is 5.56. The van der Waals surface area contributed by atoms with Crippen LogP contribution < -0.4 is 4.72 Å². The normalized spacial score (nSPS) is 11.9. The van der Waals surface area contributed by atoms with Crippen LogP contribution in [0.3, 0.4) is 0 Å². The Labute approximate surface area is 128 Å². The van der Waals surface area contributed by atoms with Crippen LogP contribution in [0.2, 0.25) is 5.28 Å². The summed E-state index contributed by atoms with van der Waals surface area (Å²) in [5, 5.41) is 4.33. The van der Waals surface area contributed by atoms with Crippen LogP contribution in [0.4, 0.5) is 5.69 Å². The molecule has 2 rings (SSSR count). The highest BCUT2D eigenvalue weighted by Gasteiger charge is 2.21. The zero-order chi connectivity index (χ0) is 15.8. The predicted molar refractivity (Wildman–Crippen MR) is 79.9 cm³/mol. The van der Waals surface area contributed by atoms with Gasteiger partial charge in [0.25, 0.3) is 10.0 Å². The zero-order valence-corrected chi connectivity index (χ0v) is 13.7. The molecular formula is C12H16ClN5O2S. The van der Waals surface area contributed by atoms with Gasteiger partial charge >= 0.3 is 0 Å². The van der Waals surface area contributed by atoms with Crippen LogP contribution in [-0.4, -0.2) is 28.2 Å². The Kier molecular flexibility index (Phi) is 4.20. The maximum Gasteiger partial charge on any atom is 0.265 e. The van der Waals surface area contributed by atoms with Crippen molar-refractivity contribution in [1.82, 2.24) is 19.7 Å². The Morgan fingerprint density at radius 2 is 1.81 bits per heavy atom. The maximum absolute atomic E-state index is 12.3. The molecule has 0 spiro atoms. The van der Waals surface area contributed by atoms with Crippen molar-refractivity contribution in [3.8, 4) is 0 Å². The Hall–Kier alpha value is -1.67. The molecule has 2 aromatic rings. The monoisotopic (exact) mass is 329 g/mol. The number of hydrogen-bond acceptors (Lipinski definition) is 5. The number of sulfonamides is 1. The Bertz CT molecular complexity index is 753. The molecule has 0 fully saturated rings. The molecule has 7 nitrogen and oxygen atoms in total. The van der Waals surface area contributed by atoms with Gasteiger partial charge in [0.05, 0.1) is 29.5 Å². The molecule has 1 N–H and O–H groups in total. The zero-order valence-electron chi connectivity index (χ0n) is 12.1. The third-order valence-electron chi connectivity index (χ3n) is 2.96. The second kappa shape index (κ2) is 5.61. The van der Waals surface area contributed by atoms with E-state index < -0.39 is 10.0 Å². The Balaban J connectivity index is 2.39. The topological polar surface area (TPSA) is 89.8 Å². The second-order valence-electron chi connectivity index (χ2n) is 4.88. The molecule has 0 bridgehead atoms. The van der Waals surface area contributed by atoms with Gasteiger partial charge in [-0.15, -0.1) is 0 Å². The smallest absolute Gasteiger partial charge is 0.265 e. The first kappa shape index (κ1) is 15.7. The first-order chi connectivity index (χ1) is 9.72. The molecule has 2 heterocycles. The van der Waals surface area contributed by atoms with Gasteiger partial charge in [0.2, 0.25) is 5.28 Å². The Morgan fingerprint density at radius 1 is 1.24 bits per heavy atom. The van der Waals surface area contributed by atoms with E-state index in [2.05, 4.69) is 19.8 Å². The van der Waals surface area contributed by atoms with Gasteiger partial charge in [-0.3, -0.25) is 9.40 Å². The predicted octanol–water partition coefficient (Wildman–Crippen LogP) is 2.33. The number of halogens is 1. The molecule has 0 aliphatic rings. The highest BCUT2D eigenvalue weighted by Crippen LogP contribution is 2.25. The van der Waals surface area contributed by atoms with E-state index in [-0.39, 0.29) is 16.2 Å². The van der Waals surface area contributed by atoms with E-state index in [1.807, 2.05) is 20.8 Å². The fourth-order valence-electron chi connectivity index (χ4n) is 1.95. The third-order valence-corrected chi connectivity index (χ3v) is 4.46. The summed E-state index contributed by atoms with van der Waals surface area (Å²) in [4.78, 5) is 7.31. The average Bonchev–Trinajstić information content (AvgIpc) is 2.67. The van der Waals surface area contributed by atoms with E-state index in [0.717, 1.165) is 18.1 Å². The summed E-state index contributed by atoms with van der Waals surface area (Å²) in [6.07, 6.45) is 2.32. The van der Waals surface area contributed by atoms with Crippen molar-refractivity contribution < 1.29 is 8.42 Å². The molecule has 0 unspecified atom stereocenters. The van der Waals surface area contributed by atoms with Gasteiger partial charge in [-0.1, -0.05) is 0 Å². The minimum Gasteiger partial charge on any atom is -0.276 e. The molecule has 0 saturated carbocycles. The van der Waals surface area contributed by atoms with Crippen molar-refractivity contribution in [1.29, 1.82) is 0 Å². The van der Waals surface area contributed by atoms with Crippen LogP contribution in [0.5, 0.6) is 0 Å². The van der Waals surface area contributed by atoms with Crippen molar-refractivity contribution in [3.05, 3.63) is 29.1 Å². The first-order valence-corrected chi connectivity index (χ1v) is 8.14. The summed E-state index contributed by atoms with van der Waals surface area (Å²) in [7, 11) is -3.77. The fraction of sp³-hybridized carbons (Fsp3) is 0.417. The number of aryl methyl sites for hydroxylation is 1. The van der Waals surface area contributed by atoms with Crippen LogP contribution in [0.25, 0.3) is 0 Å². The fourth-order valence-corrected chi connectivity index (χ4v) is 3.11. The molecule has 0 amide bonds. The van der Waals surface area contributed by atoms with Crippen molar-refractivity contribution in [3.63, 3.8) is 0 Å². The van der Waals surface area contributed by atoms with E-state index in [0.29, 0.717) is 11.4 Å². The average molecular weight is 330 g/mol. The number of nitrogens with one attached hydrogen (secondary N) is 1. The van der Waals surface area contributed by atoms with Crippen LogP contribution in [0.1, 0.15) is 31.3 Å². The SMILES string of the molecule is Cc1nn(C(C)C)c(C)c1NS(=O)(=O)c1cnc(Cl)nc1. The number of rotatable bonds is 4. The molecular weight excluding hydrogens is 314 g/mol. The molecule has 0 aromatic carbocycles. The standard InChI is InChI=1S/C12H16ClN5O2S/c1-7(2)18-9(4)11(8(3)16-18)17-21(19,20)10-5-14-12(13)15-6-10/h5-7,17H,1-4H3. The minimum absolute atomic E-state index is 0.00561. The number of nitrogens with zero attached hydrogens (tertiary/aromatic N) is 4. The van der Waals surface area contributed by atoms with Crippen molar-refractivity contribution in [2.75, 3.05) is 4.72 Å². The number of anilines is 1. The lowest BCUT2D eigenvalue weighted by atomic mass is 10.3. The molecule has 0 aliphatic carbocycles. The van der Waals surface area contributed by atoms with E-state index in [1.54, 1.807) is 11.6 Å². The van der Waals surface area contributed by atoms with Gasteiger partial charge in [0, 0.05) is 6.04 Å². The molecule has 0 aliphatic heterocycles. The van der Waals surface area contributed by atoms with Gasteiger partial charge < -0.3 is 0 Å². The van der Waals surface area contributed by atoms with E-state index in [4.69, 9.17) is 11.6 Å². The molecule has 0 radical (unpaired) electrons. The summed E-state index contributed by atoms with van der Waals surface area (Å²) in [5.74, 6) is 0. The van der Waals surface area contributed by atoms with E-state index in [9.17, 15) is 8.42 Å². The quantitative estimate of drug-likeness (QED) is 0.869. The number of aromatic nitrogens is 4. The van der Waals surface area contributed by atoms with Gasteiger partial charge in [0.15, 0.2) is 0 Å². The summed E-state index contributed by atoms with van der Waals surface area (Å²) in [6.45, 7) is 7.52. The van der Waals surface area contributed by atoms with Gasteiger partial charge in [-0.05, 0) is 39.3 Å². The van der Waals surface area contributed by atoms with E-state index in [1.165, 1.54) is 0 Å². The second-order valence-corrected chi connectivity index (χ2v) is 6.90. The summed E-state index contributed by atoms with van der Waals surface area (Å²) in [5.41, 5.74) is 1.83.